The second kappa shape index (κ2) is 12.8. The van der Waals surface area contributed by atoms with Gasteiger partial charge in [0.1, 0.15) is 6.04 Å². The van der Waals surface area contributed by atoms with E-state index in [2.05, 4.69) is 23.1 Å². The Balaban J connectivity index is 0.00000167. The zero-order chi connectivity index (χ0) is 25.4. The molecule has 7 nitrogen and oxygen atoms in total. The van der Waals surface area contributed by atoms with Gasteiger partial charge in [-0.2, -0.15) is 0 Å². The minimum absolute atomic E-state index is 0.107. The van der Waals surface area contributed by atoms with Gasteiger partial charge < -0.3 is 21.1 Å². The number of aryl methyl sites for hydroxylation is 1. The van der Waals surface area contributed by atoms with Gasteiger partial charge in [0.25, 0.3) is 0 Å². The maximum absolute atomic E-state index is 13.1. The van der Waals surface area contributed by atoms with Gasteiger partial charge in [0.05, 0.1) is 34.8 Å². The molecule has 2 fully saturated rings. The van der Waals surface area contributed by atoms with E-state index in [1.807, 2.05) is 36.7 Å². The molecule has 1 aromatic heterocycles. The highest BCUT2D eigenvalue weighted by atomic mass is 32.1. The van der Waals surface area contributed by atoms with E-state index in [9.17, 15) is 14.7 Å². The summed E-state index contributed by atoms with van der Waals surface area (Å²) < 4.78 is 0. The minimum Gasteiger partial charge on any atom is -0.394 e. The number of nitrogens with one attached hydrogen (secondary N) is 1. The molecule has 0 radical (unpaired) electrons. The number of terminal acetylenes is 1. The SMILES string of the molecule is C#C.Cc1ncsc1-c1ccc(C(CO)NC(=O)C2CCCN2C(=O)C(N)C2CCCCC2)cc1. The number of aliphatic hydroxyl groups is 1. The number of aliphatic hydroxyl groups excluding tert-OH is 1. The third-order valence-electron chi connectivity index (χ3n) is 7.10. The normalized spacial score (nSPS) is 19.9. The van der Waals surface area contributed by atoms with Crippen molar-refractivity contribution in [2.24, 2.45) is 11.7 Å². The molecule has 1 saturated carbocycles. The molecule has 0 spiro atoms. The summed E-state index contributed by atoms with van der Waals surface area (Å²) >= 11 is 1.59. The Morgan fingerprint density at radius 2 is 1.86 bits per heavy atom. The summed E-state index contributed by atoms with van der Waals surface area (Å²) in [6.07, 6.45) is 14.8. The van der Waals surface area contributed by atoms with E-state index in [-0.39, 0.29) is 24.3 Å². The van der Waals surface area contributed by atoms with Crippen molar-refractivity contribution < 1.29 is 14.7 Å². The van der Waals surface area contributed by atoms with Crippen LogP contribution in [0.4, 0.5) is 0 Å². The highest BCUT2D eigenvalue weighted by Crippen LogP contribution is 2.30. The molecule has 1 aliphatic heterocycles. The molecule has 3 atom stereocenters. The minimum atomic E-state index is -0.532. The number of nitrogens with zero attached hydrogens (tertiary/aromatic N) is 2. The Labute approximate surface area is 212 Å². The largest absolute Gasteiger partial charge is 0.394 e. The second-order valence-electron chi connectivity index (χ2n) is 9.25. The summed E-state index contributed by atoms with van der Waals surface area (Å²) in [4.78, 5) is 33.3. The van der Waals surface area contributed by atoms with Crippen LogP contribution in [-0.4, -0.2) is 52.0 Å². The maximum atomic E-state index is 13.1. The van der Waals surface area contributed by atoms with Crippen molar-refractivity contribution >= 4 is 23.2 Å². The first-order chi connectivity index (χ1) is 17.0. The van der Waals surface area contributed by atoms with Gasteiger partial charge in [0.2, 0.25) is 11.8 Å². The fourth-order valence-electron chi connectivity index (χ4n) is 5.14. The zero-order valence-corrected chi connectivity index (χ0v) is 21.2. The van der Waals surface area contributed by atoms with Gasteiger partial charge in [-0.15, -0.1) is 24.2 Å². The standard InChI is InChI=1S/C25H34N4O3S.C2H2/c1-16-23(33-15-27-16)19-11-9-17(10-12-19)20(14-30)28-24(31)21-8-5-13-29(21)25(32)22(26)18-6-3-2-4-7-18;1-2/h9-12,15,18,20-22,30H,2-8,13-14,26H2,1H3,(H,28,31);1-2H. The molecule has 35 heavy (non-hydrogen) atoms. The van der Waals surface area contributed by atoms with Gasteiger partial charge in [-0.25, -0.2) is 4.98 Å². The van der Waals surface area contributed by atoms with Crippen LogP contribution in [0.1, 0.15) is 62.2 Å². The average molecular weight is 497 g/mol. The fraction of sp³-hybridized carbons (Fsp3) is 0.519. The zero-order valence-electron chi connectivity index (χ0n) is 20.4. The predicted molar refractivity (Wildman–Crippen MR) is 139 cm³/mol. The number of hydrogen-bond acceptors (Lipinski definition) is 6. The number of thiazole rings is 1. The van der Waals surface area contributed by atoms with E-state index in [0.29, 0.717) is 13.0 Å². The Hall–Kier alpha value is -2.73. The molecule has 4 N–H and O–H groups in total. The van der Waals surface area contributed by atoms with E-state index in [0.717, 1.165) is 53.8 Å². The van der Waals surface area contributed by atoms with E-state index in [1.165, 1.54) is 6.42 Å². The van der Waals surface area contributed by atoms with Crippen LogP contribution in [0.3, 0.4) is 0 Å². The van der Waals surface area contributed by atoms with Crippen molar-refractivity contribution in [1.29, 1.82) is 0 Å². The molecule has 0 bridgehead atoms. The summed E-state index contributed by atoms with van der Waals surface area (Å²) in [5.41, 5.74) is 11.0. The Kier molecular flexibility index (Phi) is 9.84. The van der Waals surface area contributed by atoms with Gasteiger partial charge in [-0.05, 0) is 49.7 Å². The number of nitrogens with two attached hydrogens (primary N) is 1. The molecule has 2 aliphatic rings. The van der Waals surface area contributed by atoms with Crippen molar-refractivity contribution in [1.82, 2.24) is 15.2 Å². The lowest BCUT2D eigenvalue weighted by molar-refractivity contribution is -0.140. The van der Waals surface area contributed by atoms with E-state index < -0.39 is 18.1 Å². The van der Waals surface area contributed by atoms with Crippen LogP contribution in [0.25, 0.3) is 10.4 Å². The van der Waals surface area contributed by atoms with Gasteiger partial charge >= 0.3 is 0 Å². The Morgan fingerprint density at radius 3 is 2.46 bits per heavy atom. The summed E-state index contributed by atoms with van der Waals surface area (Å²) in [6.45, 7) is 2.32. The number of hydrogen-bond donors (Lipinski definition) is 3. The maximum Gasteiger partial charge on any atom is 0.243 e. The fourth-order valence-corrected chi connectivity index (χ4v) is 5.95. The Bertz CT molecular complexity index is 997. The lowest BCUT2D eigenvalue weighted by Crippen LogP contribution is -2.54. The smallest absolute Gasteiger partial charge is 0.243 e. The molecule has 1 aliphatic carbocycles. The number of carbonyl (C=O) groups is 2. The van der Waals surface area contributed by atoms with E-state index >= 15 is 0 Å². The third-order valence-corrected chi connectivity index (χ3v) is 8.08. The first-order valence-electron chi connectivity index (χ1n) is 12.3. The number of rotatable bonds is 7. The van der Waals surface area contributed by atoms with Crippen LogP contribution in [0.15, 0.2) is 29.8 Å². The van der Waals surface area contributed by atoms with Crippen LogP contribution < -0.4 is 11.1 Å². The molecule has 8 heteroatoms. The van der Waals surface area contributed by atoms with E-state index in [4.69, 9.17) is 5.73 Å². The number of likely N-dealkylation sites (tertiary alicyclic amines) is 1. The number of carbonyl (C=O) groups excluding carboxylic acids is 2. The van der Waals surface area contributed by atoms with E-state index in [1.54, 1.807) is 16.2 Å². The van der Waals surface area contributed by atoms with Crippen LogP contribution in [0.5, 0.6) is 0 Å². The van der Waals surface area contributed by atoms with Crippen LogP contribution in [-0.2, 0) is 9.59 Å². The summed E-state index contributed by atoms with van der Waals surface area (Å²) in [5, 5.41) is 12.9. The van der Waals surface area contributed by atoms with Crippen molar-refractivity contribution in [3.63, 3.8) is 0 Å². The number of benzene rings is 1. The van der Waals surface area contributed by atoms with Crippen molar-refractivity contribution in [3.8, 4) is 23.3 Å². The first-order valence-corrected chi connectivity index (χ1v) is 13.2. The summed E-state index contributed by atoms with van der Waals surface area (Å²) in [5.74, 6) is -0.121. The molecule has 2 amide bonds. The molecular weight excluding hydrogens is 460 g/mol. The third kappa shape index (κ3) is 6.29. The summed E-state index contributed by atoms with van der Waals surface area (Å²) in [7, 11) is 0. The number of aromatic nitrogens is 1. The predicted octanol–water partition coefficient (Wildman–Crippen LogP) is 3.42. The number of amides is 2. The first kappa shape index (κ1) is 26.9. The summed E-state index contributed by atoms with van der Waals surface area (Å²) in [6, 6.07) is 6.23. The van der Waals surface area contributed by atoms with Crippen LogP contribution >= 0.6 is 11.3 Å². The molecular formula is C27H36N4O3S. The van der Waals surface area contributed by atoms with Gasteiger partial charge in [0, 0.05) is 6.54 Å². The topological polar surface area (TPSA) is 109 Å². The molecule has 1 saturated heterocycles. The van der Waals surface area contributed by atoms with Gasteiger partial charge in [0.15, 0.2) is 0 Å². The lowest BCUT2D eigenvalue weighted by atomic mass is 9.83. The van der Waals surface area contributed by atoms with Crippen molar-refractivity contribution in [2.45, 2.75) is 70.0 Å². The molecule has 1 aromatic carbocycles. The highest BCUT2D eigenvalue weighted by Gasteiger charge is 2.39. The van der Waals surface area contributed by atoms with Crippen LogP contribution in [0.2, 0.25) is 0 Å². The molecule has 2 heterocycles. The van der Waals surface area contributed by atoms with Crippen molar-refractivity contribution in [2.75, 3.05) is 13.2 Å². The molecule has 188 valence electrons. The monoisotopic (exact) mass is 496 g/mol. The average Bonchev–Trinajstić information content (AvgIpc) is 3.57. The second-order valence-corrected chi connectivity index (χ2v) is 10.1. The quantitative estimate of drug-likeness (QED) is 0.509. The molecule has 4 rings (SSSR count). The Morgan fingerprint density at radius 1 is 1.17 bits per heavy atom. The van der Waals surface area contributed by atoms with Crippen LogP contribution in [0, 0.1) is 25.7 Å². The van der Waals surface area contributed by atoms with Crippen molar-refractivity contribution in [3.05, 3.63) is 41.0 Å². The van der Waals surface area contributed by atoms with Gasteiger partial charge in [-0.1, -0.05) is 43.5 Å². The highest BCUT2D eigenvalue weighted by molar-refractivity contribution is 7.13. The van der Waals surface area contributed by atoms with Gasteiger partial charge in [-0.3, -0.25) is 9.59 Å². The molecule has 2 aromatic rings. The molecule has 3 unspecified atom stereocenters. The lowest BCUT2D eigenvalue weighted by Gasteiger charge is -2.32.